The topological polar surface area (TPSA) is 67.3 Å². The molecule has 0 aliphatic rings. The van der Waals surface area contributed by atoms with E-state index in [-0.39, 0.29) is 22.2 Å². The summed E-state index contributed by atoms with van der Waals surface area (Å²) in [6.45, 7) is 1.29. The summed E-state index contributed by atoms with van der Waals surface area (Å²) in [5.74, 6) is -1.98. The molecule has 1 N–H and O–H groups in total. The lowest BCUT2D eigenvalue weighted by Crippen LogP contribution is -2.03. The predicted octanol–water partition coefficient (Wildman–Crippen LogP) is 2.85. The standard InChI is InChI=1S/C12H8FNO3S/c1-6(15)10-9(12(16)17)14-11(18-10)7-2-4-8(13)5-3-7/h2-5H,1H3,(H,16,17). The Morgan fingerprint density at radius 2 is 1.89 bits per heavy atom. The number of carboxylic acid groups (broad SMARTS) is 1. The highest BCUT2D eigenvalue weighted by Gasteiger charge is 2.20. The van der Waals surface area contributed by atoms with Gasteiger partial charge < -0.3 is 5.11 Å². The number of thiazole rings is 1. The maximum Gasteiger partial charge on any atom is 0.356 e. The average molecular weight is 265 g/mol. The number of carbonyl (C=O) groups is 2. The van der Waals surface area contributed by atoms with Gasteiger partial charge in [-0.05, 0) is 24.3 Å². The first-order valence-corrected chi connectivity index (χ1v) is 5.81. The second-order valence-electron chi connectivity index (χ2n) is 3.56. The fraction of sp³-hybridized carbons (Fsp3) is 0.0833. The predicted molar refractivity (Wildman–Crippen MR) is 64.5 cm³/mol. The van der Waals surface area contributed by atoms with Crippen molar-refractivity contribution in [1.82, 2.24) is 4.98 Å². The van der Waals surface area contributed by atoms with Crippen molar-refractivity contribution in [2.45, 2.75) is 6.92 Å². The van der Waals surface area contributed by atoms with Gasteiger partial charge in [0.15, 0.2) is 11.5 Å². The molecule has 0 unspecified atom stereocenters. The molecule has 0 saturated heterocycles. The molecule has 1 aromatic carbocycles. The number of rotatable bonds is 3. The van der Waals surface area contributed by atoms with E-state index in [0.717, 1.165) is 11.3 Å². The summed E-state index contributed by atoms with van der Waals surface area (Å²) in [5.41, 5.74) is 0.322. The first kappa shape index (κ1) is 12.4. The van der Waals surface area contributed by atoms with Crippen molar-refractivity contribution >= 4 is 23.1 Å². The van der Waals surface area contributed by atoms with Crippen LogP contribution in [0.5, 0.6) is 0 Å². The number of halogens is 1. The summed E-state index contributed by atoms with van der Waals surface area (Å²) in [6.07, 6.45) is 0. The van der Waals surface area contributed by atoms with E-state index in [4.69, 9.17) is 5.11 Å². The molecule has 0 fully saturated rings. The molecular weight excluding hydrogens is 257 g/mol. The Bertz CT molecular complexity index is 587. The van der Waals surface area contributed by atoms with Crippen molar-refractivity contribution in [3.8, 4) is 10.6 Å². The molecule has 0 atom stereocenters. The Hall–Kier alpha value is -2.08. The van der Waals surface area contributed by atoms with Crippen molar-refractivity contribution in [2.24, 2.45) is 0 Å². The van der Waals surface area contributed by atoms with Crippen molar-refractivity contribution < 1.29 is 19.1 Å². The number of carbonyl (C=O) groups excluding carboxylic acids is 1. The minimum atomic E-state index is -1.25. The second kappa shape index (κ2) is 4.66. The van der Waals surface area contributed by atoms with Gasteiger partial charge in [-0.1, -0.05) is 0 Å². The van der Waals surface area contributed by atoms with E-state index in [9.17, 15) is 14.0 Å². The molecule has 0 radical (unpaired) electrons. The molecule has 18 heavy (non-hydrogen) atoms. The van der Waals surface area contributed by atoms with E-state index in [1.807, 2.05) is 0 Å². The number of benzene rings is 1. The van der Waals surface area contributed by atoms with Crippen molar-refractivity contribution in [1.29, 1.82) is 0 Å². The second-order valence-corrected chi connectivity index (χ2v) is 4.56. The van der Waals surface area contributed by atoms with Crippen molar-refractivity contribution in [3.05, 3.63) is 40.7 Å². The Morgan fingerprint density at radius 1 is 1.28 bits per heavy atom. The van der Waals surface area contributed by atoms with Gasteiger partial charge in [0.2, 0.25) is 0 Å². The molecule has 2 rings (SSSR count). The molecule has 92 valence electrons. The Morgan fingerprint density at radius 3 is 2.33 bits per heavy atom. The number of aromatic nitrogens is 1. The summed E-state index contributed by atoms with van der Waals surface area (Å²) in [4.78, 5) is 26.3. The molecular formula is C12H8FNO3S. The molecule has 6 heteroatoms. The monoisotopic (exact) mass is 265 g/mol. The van der Waals surface area contributed by atoms with Crippen molar-refractivity contribution in [2.75, 3.05) is 0 Å². The maximum atomic E-state index is 12.8. The zero-order valence-corrected chi connectivity index (χ0v) is 10.1. The Balaban J connectivity index is 2.53. The van der Waals surface area contributed by atoms with Gasteiger partial charge in [-0.2, -0.15) is 0 Å². The molecule has 1 aromatic heterocycles. The van der Waals surface area contributed by atoms with Crippen LogP contribution in [0.3, 0.4) is 0 Å². The Kier molecular flexibility index (Phi) is 3.20. The first-order chi connectivity index (χ1) is 8.49. The normalized spacial score (nSPS) is 10.3. The van der Waals surface area contributed by atoms with Gasteiger partial charge in [0.25, 0.3) is 0 Å². The molecule has 0 saturated carbocycles. The van der Waals surface area contributed by atoms with Crippen LogP contribution in [0.4, 0.5) is 4.39 Å². The van der Waals surface area contributed by atoms with Gasteiger partial charge in [0, 0.05) is 12.5 Å². The highest BCUT2D eigenvalue weighted by atomic mass is 32.1. The lowest BCUT2D eigenvalue weighted by Gasteiger charge is -1.94. The van der Waals surface area contributed by atoms with Crippen LogP contribution in [-0.2, 0) is 0 Å². The highest BCUT2D eigenvalue weighted by Crippen LogP contribution is 2.28. The van der Waals surface area contributed by atoms with Crippen LogP contribution in [0.2, 0.25) is 0 Å². The van der Waals surface area contributed by atoms with Crippen LogP contribution >= 0.6 is 11.3 Å². The number of nitrogens with zero attached hydrogens (tertiary/aromatic N) is 1. The summed E-state index contributed by atoms with van der Waals surface area (Å²) >= 11 is 0.991. The third kappa shape index (κ3) is 2.28. The van der Waals surface area contributed by atoms with Gasteiger partial charge in [0.05, 0.1) is 0 Å². The summed E-state index contributed by atoms with van der Waals surface area (Å²) in [5, 5.41) is 9.34. The fourth-order valence-electron chi connectivity index (χ4n) is 1.42. The molecule has 0 bridgehead atoms. The minimum absolute atomic E-state index is 0.0989. The largest absolute Gasteiger partial charge is 0.476 e. The van der Waals surface area contributed by atoms with E-state index in [1.54, 1.807) is 0 Å². The van der Waals surface area contributed by atoms with Crippen molar-refractivity contribution in [3.63, 3.8) is 0 Å². The van der Waals surface area contributed by atoms with E-state index in [0.29, 0.717) is 10.6 Å². The summed E-state index contributed by atoms with van der Waals surface area (Å²) < 4.78 is 12.8. The van der Waals surface area contributed by atoms with Gasteiger partial charge in [-0.25, -0.2) is 14.2 Å². The quantitative estimate of drug-likeness (QED) is 0.866. The SMILES string of the molecule is CC(=O)c1sc(-c2ccc(F)cc2)nc1C(=O)O. The van der Waals surface area contributed by atoms with Crippen LogP contribution < -0.4 is 0 Å². The van der Waals surface area contributed by atoms with Gasteiger partial charge in [-0.15, -0.1) is 11.3 Å². The van der Waals surface area contributed by atoms with E-state index >= 15 is 0 Å². The van der Waals surface area contributed by atoms with Crippen LogP contribution in [-0.4, -0.2) is 21.8 Å². The van der Waals surface area contributed by atoms with Gasteiger partial charge in [0.1, 0.15) is 15.7 Å². The molecule has 0 amide bonds. The smallest absolute Gasteiger partial charge is 0.356 e. The molecule has 1 heterocycles. The maximum absolute atomic E-state index is 12.8. The van der Waals surface area contributed by atoms with Crippen LogP contribution in [0.15, 0.2) is 24.3 Å². The molecule has 4 nitrogen and oxygen atoms in total. The lowest BCUT2D eigenvalue weighted by molar-refractivity contribution is 0.0687. The van der Waals surface area contributed by atoms with E-state index in [2.05, 4.69) is 4.98 Å². The van der Waals surface area contributed by atoms with Gasteiger partial charge in [-0.3, -0.25) is 4.79 Å². The zero-order chi connectivity index (χ0) is 13.3. The number of ketones is 1. The van der Waals surface area contributed by atoms with E-state index < -0.39 is 5.97 Å². The summed E-state index contributed by atoms with van der Waals surface area (Å²) in [7, 11) is 0. The average Bonchev–Trinajstić information content (AvgIpc) is 2.75. The summed E-state index contributed by atoms with van der Waals surface area (Å²) in [6, 6.07) is 5.49. The molecule has 0 aliphatic heterocycles. The first-order valence-electron chi connectivity index (χ1n) is 5.00. The van der Waals surface area contributed by atoms with Crippen LogP contribution in [0, 0.1) is 5.82 Å². The third-order valence-electron chi connectivity index (χ3n) is 2.24. The number of Topliss-reactive ketones (excluding diaryl/α,β-unsaturated/α-hetero) is 1. The lowest BCUT2D eigenvalue weighted by atomic mass is 10.2. The number of aromatic carboxylic acids is 1. The molecule has 0 aliphatic carbocycles. The number of hydrogen-bond donors (Lipinski definition) is 1. The third-order valence-corrected chi connectivity index (χ3v) is 3.45. The number of hydrogen-bond acceptors (Lipinski definition) is 4. The fourth-order valence-corrected chi connectivity index (χ4v) is 2.38. The molecule has 0 spiro atoms. The highest BCUT2D eigenvalue weighted by molar-refractivity contribution is 7.17. The Labute approximate surface area is 106 Å². The zero-order valence-electron chi connectivity index (χ0n) is 9.31. The van der Waals surface area contributed by atoms with Crippen LogP contribution in [0.1, 0.15) is 27.1 Å². The minimum Gasteiger partial charge on any atom is -0.476 e. The molecule has 2 aromatic rings. The number of carboxylic acids is 1. The van der Waals surface area contributed by atoms with Gasteiger partial charge >= 0.3 is 5.97 Å². The van der Waals surface area contributed by atoms with E-state index in [1.165, 1.54) is 31.2 Å². The van der Waals surface area contributed by atoms with Crippen LogP contribution in [0.25, 0.3) is 10.6 Å².